The van der Waals surface area contributed by atoms with Gasteiger partial charge in [-0.1, -0.05) is 91.0 Å². The van der Waals surface area contributed by atoms with Crippen molar-refractivity contribution in [1.29, 1.82) is 0 Å². The molecule has 40 heavy (non-hydrogen) atoms. The molecule has 6 aromatic carbocycles. The van der Waals surface area contributed by atoms with Crippen molar-refractivity contribution in [2.45, 2.75) is 13.8 Å². The predicted octanol–water partition coefficient (Wildman–Crippen LogP) is 10.6. The van der Waals surface area contributed by atoms with Crippen LogP contribution in [-0.2, 0) is 0 Å². The average molecular weight is 514 g/mol. The number of rotatable bonds is 3. The molecular formula is C38H27NO. The van der Waals surface area contributed by atoms with Crippen LogP contribution in [0.1, 0.15) is 11.1 Å². The minimum Gasteiger partial charge on any atom is -0.456 e. The molecule has 0 N–H and O–H groups in total. The van der Waals surface area contributed by atoms with Gasteiger partial charge in [0.2, 0.25) is 0 Å². The highest BCUT2D eigenvalue weighted by Gasteiger charge is 2.17. The van der Waals surface area contributed by atoms with Gasteiger partial charge in [0.1, 0.15) is 11.2 Å². The fraction of sp³-hybridized carbons (Fsp3) is 0.0526. The first-order valence-corrected chi connectivity index (χ1v) is 13.8. The van der Waals surface area contributed by atoms with Gasteiger partial charge >= 0.3 is 0 Å². The molecule has 0 fully saturated rings. The molecule has 2 aromatic heterocycles. The molecule has 8 aromatic rings. The van der Waals surface area contributed by atoms with Crippen molar-refractivity contribution >= 4 is 43.7 Å². The second-order valence-electron chi connectivity index (χ2n) is 10.7. The zero-order chi connectivity index (χ0) is 26.8. The summed E-state index contributed by atoms with van der Waals surface area (Å²) >= 11 is 0. The Bertz CT molecular complexity index is 2170. The highest BCUT2D eigenvalue weighted by molar-refractivity contribution is 6.12. The van der Waals surface area contributed by atoms with Crippen molar-refractivity contribution in [2.24, 2.45) is 0 Å². The van der Waals surface area contributed by atoms with Gasteiger partial charge < -0.3 is 8.98 Å². The summed E-state index contributed by atoms with van der Waals surface area (Å²) in [6, 6.07) is 45.6. The summed E-state index contributed by atoms with van der Waals surface area (Å²) in [5.41, 5.74) is 12.9. The van der Waals surface area contributed by atoms with Crippen molar-refractivity contribution < 1.29 is 4.42 Å². The van der Waals surface area contributed by atoms with Crippen LogP contribution < -0.4 is 0 Å². The van der Waals surface area contributed by atoms with Crippen molar-refractivity contribution in [3.05, 3.63) is 139 Å². The quantitative estimate of drug-likeness (QED) is 0.230. The molecule has 0 saturated heterocycles. The number of hydrogen-bond donors (Lipinski definition) is 0. The monoisotopic (exact) mass is 513 g/mol. The largest absolute Gasteiger partial charge is 0.456 e. The van der Waals surface area contributed by atoms with E-state index in [2.05, 4.69) is 134 Å². The van der Waals surface area contributed by atoms with Crippen molar-refractivity contribution in [3.8, 4) is 27.9 Å². The minimum absolute atomic E-state index is 0.921. The summed E-state index contributed by atoms with van der Waals surface area (Å²) in [4.78, 5) is 0. The number of furan rings is 1. The van der Waals surface area contributed by atoms with Crippen LogP contribution in [0.2, 0.25) is 0 Å². The van der Waals surface area contributed by atoms with E-state index < -0.39 is 0 Å². The van der Waals surface area contributed by atoms with Crippen LogP contribution in [0.4, 0.5) is 0 Å². The number of aryl methyl sites for hydroxylation is 2. The summed E-state index contributed by atoms with van der Waals surface area (Å²) < 4.78 is 8.58. The van der Waals surface area contributed by atoms with E-state index in [1.165, 1.54) is 55.3 Å². The van der Waals surface area contributed by atoms with E-state index in [-0.39, 0.29) is 0 Å². The second-order valence-corrected chi connectivity index (χ2v) is 10.7. The van der Waals surface area contributed by atoms with Crippen LogP contribution in [0.5, 0.6) is 0 Å². The maximum absolute atomic E-state index is 6.15. The Labute approximate surface area is 232 Å². The molecule has 0 aliphatic rings. The standard InChI is InChI=1S/C38H27NO/c1-24-9-7-14-33-37(24)38-25(2)10-8-15-34(38)39(33)32-13-5-3-11-29(32)27-19-17-26(18-20-27)28-21-22-31-30-12-4-6-16-35(30)40-36(31)23-28/h3-23H,1-2H3. The predicted molar refractivity (Wildman–Crippen MR) is 168 cm³/mol. The normalized spacial score (nSPS) is 11.8. The van der Waals surface area contributed by atoms with Gasteiger partial charge in [-0.3, -0.25) is 0 Å². The van der Waals surface area contributed by atoms with Crippen LogP contribution in [0.15, 0.2) is 132 Å². The van der Waals surface area contributed by atoms with Gasteiger partial charge in [-0.05, 0) is 78.1 Å². The third kappa shape index (κ3) is 3.36. The molecule has 0 radical (unpaired) electrons. The third-order valence-corrected chi connectivity index (χ3v) is 8.29. The maximum Gasteiger partial charge on any atom is 0.136 e. The SMILES string of the molecule is Cc1cccc2c1c1c(C)cccc1n2-c1ccccc1-c1ccc(-c2ccc3c(c2)oc2ccccc23)cc1. The average Bonchev–Trinajstić information content (AvgIpc) is 3.54. The molecule has 0 spiro atoms. The first-order chi connectivity index (χ1) is 19.7. The molecule has 0 atom stereocenters. The fourth-order valence-corrected chi connectivity index (χ4v) is 6.38. The Morgan fingerprint density at radius 2 is 1.07 bits per heavy atom. The topological polar surface area (TPSA) is 18.1 Å². The molecule has 190 valence electrons. The van der Waals surface area contributed by atoms with Crippen molar-refractivity contribution in [3.63, 3.8) is 0 Å². The Hall–Kier alpha value is -5.08. The summed E-state index contributed by atoms with van der Waals surface area (Å²) in [6.45, 7) is 4.43. The zero-order valence-corrected chi connectivity index (χ0v) is 22.5. The lowest BCUT2D eigenvalue weighted by molar-refractivity contribution is 0.669. The van der Waals surface area contributed by atoms with Crippen molar-refractivity contribution in [1.82, 2.24) is 4.57 Å². The second kappa shape index (κ2) is 8.72. The van der Waals surface area contributed by atoms with Gasteiger partial charge in [0.15, 0.2) is 0 Å². The van der Waals surface area contributed by atoms with Crippen LogP contribution in [0.3, 0.4) is 0 Å². The zero-order valence-electron chi connectivity index (χ0n) is 22.5. The molecule has 2 nitrogen and oxygen atoms in total. The molecule has 2 heteroatoms. The van der Waals surface area contributed by atoms with E-state index in [9.17, 15) is 0 Å². The number of aromatic nitrogens is 1. The van der Waals surface area contributed by atoms with Gasteiger partial charge in [-0.2, -0.15) is 0 Å². The first-order valence-electron chi connectivity index (χ1n) is 13.8. The summed E-state index contributed by atoms with van der Waals surface area (Å²) in [5.74, 6) is 0. The number of hydrogen-bond acceptors (Lipinski definition) is 1. The van der Waals surface area contributed by atoms with Gasteiger partial charge in [-0.15, -0.1) is 0 Å². The smallest absolute Gasteiger partial charge is 0.136 e. The number of para-hydroxylation sites is 2. The first kappa shape index (κ1) is 22.9. The number of nitrogens with zero attached hydrogens (tertiary/aromatic N) is 1. The van der Waals surface area contributed by atoms with E-state index in [1.807, 2.05) is 12.1 Å². The molecule has 0 aliphatic carbocycles. The van der Waals surface area contributed by atoms with Crippen LogP contribution in [-0.4, -0.2) is 4.57 Å². The summed E-state index contributed by atoms with van der Waals surface area (Å²) in [6.07, 6.45) is 0. The molecule has 0 unspecified atom stereocenters. The minimum atomic E-state index is 0.921. The molecule has 0 amide bonds. The Morgan fingerprint density at radius 1 is 0.475 bits per heavy atom. The molecule has 0 aliphatic heterocycles. The number of fused-ring (bicyclic) bond motifs is 6. The van der Waals surface area contributed by atoms with Gasteiger partial charge in [-0.25, -0.2) is 0 Å². The van der Waals surface area contributed by atoms with Crippen molar-refractivity contribution in [2.75, 3.05) is 0 Å². The van der Waals surface area contributed by atoms with Crippen LogP contribution in [0.25, 0.3) is 71.7 Å². The van der Waals surface area contributed by atoms with Gasteiger partial charge in [0.05, 0.1) is 16.7 Å². The fourth-order valence-electron chi connectivity index (χ4n) is 6.38. The molecule has 0 bridgehead atoms. The Morgan fingerprint density at radius 3 is 1.82 bits per heavy atom. The Kier molecular flexibility index (Phi) is 4.99. The van der Waals surface area contributed by atoms with Gasteiger partial charge in [0.25, 0.3) is 0 Å². The molecule has 0 saturated carbocycles. The third-order valence-electron chi connectivity index (χ3n) is 8.29. The van der Waals surface area contributed by atoms with E-state index in [0.29, 0.717) is 0 Å². The summed E-state index contributed by atoms with van der Waals surface area (Å²) in [5, 5.41) is 4.98. The van der Waals surface area contributed by atoms with Crippen LogP contribution >= 0.6 is 0 Å². The maximum atomic E-state index is 6.15. The lowest BCUT2D eigenvalue weighted by atomic mass is 9.98. The Balaban J connectivity index is 1.26. The lowest BCUT2D eigenvalue weighted by Crippen LogP contribution is -1.97. The highest BCUT2D eigenvalue weighted by atomic mass is 16.3. The van der Waals surface area contributed by atoms with E-state index in [1.54, 1.807) is 0 Å². The molecule has 8 rings (SSSR count). The van der Waals surface area contributed by atoms with E-state index in [4.69, 9.17) is 4.42 Å². The summed E-state index contributed by atoms with van der Waals surface area (Å²) in [7, 11) is 0. The van der Waals surface area contributed by atoms with Crippen LogP contribution in [0, 0.1) is 13.8 Å². The molecule has 2 heterocycles. The van der Waals surface area contributed by atoms with E-state index in [0.717, 1.165) is 27.5 Å². The molecular weight excluding hydrogens is 486 g/mol. The highest BCUT2D eigenvalue weighted by Crippen LogP contribution is 2.39. The number of benzene rings is 6. The van der Waals surface area contributed by atoms with E-state index >= 15 is 0 Å². The van der Waals surface area contributed by atoms with Gasteiger partial charge in [0, 0.05) is 27.1 Å². The lowest BCUT2D eigenvalue weighted by Gasteiger charge is -2.14.